The topological polar surface area (TPSA) is 52.1 Å². The average Bonchev–Trinajstić information content (AvgIpc) is 3.01. The minimum atomic E-state index is 0.449. The van der Waals surface area contributed by atoms with Crippen LogP contribution in [0, 0.1) is 0 Å². The van der Waals surface area contributed by atoms with Crippen molar-refractivity contribution in [2.24, 2.45) is 0 Å². The van der Waals surface area contributed by atoms with Crippen LogP contribution in [0.3, 0.4) is 0 Å². The van der Waals surface area contributed by atoms with Crippen LogP contribution in [0.2, 0.25) is 0 Å². The van der Waals surface area contributed by atoms with E-state index in [9.17, 15) is 0 Å². The molecule has 1 fully saturated rings. The molecule has 0 spiro atoms. The number of hydrogen-bond acceptors (Lipinski definition) is 4. The lowest BCUT2D eigenvalue weighted by atomic mass is 9.89. The molecule has 4 nitrogen and oxygen atoms in total. The molecule has 0 saturated heterocycles. The molecule has 0 aliphatic heterocycles. The zero-order valence-corrected chi connectivity index (χ0v) is 9.06. The Hall–Kier alpha value is -1.58. The van der Waals surface area contributed by atoms with Crippen molar-refractivity contribution in [1.29, 1.82) is 0 Å². The Balaban J connectivity index is 1.82. The Morgan fingerprint density at radius 2 is 2.00 bits per heavy atom. The summed E-state index contributed by atoms with van der Waals surface area (Å²) in [5, 5.41) is 8.14. The van der Waals surface area contributed by atoms with Gasteiger partial charge in [-0.25, -0.2) is 0 Å². The van der Waals surface area contributed by atoms with Gasteiger partial charge in [-0.05, 0) is 25.0 Å². The molecule has 1 aliphatic rings. The monoisotopic (exact) mass is 218 g/mol. The van der Waals surface area contributed by atoms with E-state index < -0.39 is 0 Å². The number of aromatic nitrogens is 2. The number of rotatable bonds is 2. The molecule has 84 valence electrons. The minimum Gasteiger partial charge on any atom is -0.459 e. The lowest BCUT2D eigenvalue weighted by molar-refractivity contribution is 0.364. The van der Waals surface area contributed by atoms with Gasteiger partial charge >= 0.3 is 0 Å². The van der Waals surface area contributed by atoms with Crippen LogP contribution in [0.15, 0.2) is 27.2 Å². The molecule has 0 N–H and O–H groups in total. The van der Waals surface area contributed by atoms with Crippen molar-refractivity contribution >= 4 is 0 Å². The van der Waals surface area contributed by atoms with Crippen molar-refractivity contribution in [1.82, 2.24) is 10.2 Å². The second kappa shape index (κ2) is 4.12. The first-order valence-electron chi connectivity index (χ1n) is 5.81. The van der Waals surface area contributed by atoms with Gasteiger partial charge in [0.15, 0.2) is 5.76 Å². The van der Waals surface area contributed by atoms with E-state index in [1.165, 1.54) is 32.1 Å². The molecule has 4 heteroatoms. The molecule has 0 radical (unpaired) electrons. The van der Waals surface area contributed by atoms with Crippen LogP contribution >= 0.6 is 0 Å². The summed E-state index contributed by atoms with van der Waals surface area (Å²) in [7, 11) is 0. The van der Waals surface area contributed by atoms with Crippen LogP contribution in [0.25, 0.3) is 11.7 Å². The third-order valence-corrected chi connectivity index (χ3v) is 3.13. The molecule has 2 aromatic rings. The van der Waals surface area contributed by atoms with Gasteiger partial charge in [0.1, 0.15) is 0 Å². The zero-order chi connectivity index (χ0) is 10.8. The molecule has 0 amide bonds. The molecular formula is C12H14N2O2. The van der Waals surface area contributed by atoms with E-state index in [0.717, 1.165) is 5.89 Å². The summed E-state index contributed by atoms with van der Waals surface area (Å²) in [5.74, 6) is 2.36. The predicted octanol–water partition coefficient (Wildman–Crippen LogP) is 3.38. The highest BCUT2D eigenvalue weighted by Crippen LogP contribution is 2.32. The number of nitrogens with zero attached hydrogens (tertiary/aromatic N) is 2. The Bertz CT molecular complexity index is 441. The fourth-order valence-electron chi connectivity index (χ4n) is 2.25. The average molecular weight is 218 g/mol. The van der Waals surface area contributed by atoms with E-state index in [-0.39, 0.29) is 0 Å². The summed E-state index contributed by atoms with van der Waals surface area (Å²) >= 11 is 0. The highest BCUT2D eigenvalue weighted by molar-refractivity contribution is 5.42. The molecule has 1 saturated carbocycles. The molecule has 0 bridgehead atoms. The number of furan rings is 1. The maximum Gasteiger partial charge on any atom is 0.283 e. The lowest BCUT2D eigenvalue weighted by Crippen LogP contribution is -2.04. The quantitative estimate of drug-likeness (QED) is 0.775. The summed E-state index contributed by atoms with van der Waals surface area (Å²) in [5.41, 5.74) is 0. The first kappa shape index (κ1) is 9.63. The Labute approximate surface area is 93.7 Å². The van der Waals surface area contributed by atoms with Gasteiger partial charge in [-0.2, -0.15) is 0 Å². The van der Waals surface area contributed by atoms with Crippen LogP contribution in [-0.4, -0.2) is 10.2 Å². The molecule has 2 heterocycles. The van der Waals surface area contributed by atoms with E-state index >= 15 is 0 Å². The summed E-state index contributed by atoms with van der Waals surface area (Å²) in [6.07, 6.45) is 7.81. The van der Waals surface area contributed by atoms with Crippen LogP contribution in [0.1, 0.15) is 43.9 Å². The number of hydrogen-bond donors (Lipinski definition) is 0. The SMILES string of the molecule is c1coc(-c2nnc(C3CCCCC3)o2)c1. The summed E-state index contributed by atoms with van der Waals surface area (Å²) in [4.78, 5) is 0. The van der Waals surface area contributed by atoms with Gasteiger partial charge in [0.05, 0.1) is 6.26 Å². The first-order chi connectivity index (χ1) is 7.93. The fraction of sp³-hybridized carbons (Fsp3) is 0.500. The molecule has 3 rings (SSSR count). The van der Waals surface area contributed by atoms with Gasteiger partial charge in [-0.15, -0.1) is 10.2 Å². The Morgan fingerprint density at radius 1 is 1.12 bits per heavy atom. The van der Waals surface area contributed by atoms with Crippen LogP contribution in [0.5, 0.6) is 0 Å². The second-order valence-electron chi connectivity index (χ2n) is 4.26. The van der Waals surface area contributed by atoms with Gasteiger partial charge < -0.3 is 8.83 Å². The van der Waals surface area contributed by atoms with Gasteiger partial charge in [0, 0.05) is 5.92 Å². The van der Waals surface area contributed by atoms with Crippen LogP contribution in [0.4, 0.5) is 0 Å². The second-order valence-corrected chi connectivity index (χ2v) is 4.26. The predicted molar refractivity (Wildman–Crippen MR) is 57.8 cm³/mol. The molecular weight excluding hydrogens is 204 g/mol. The van der Waals surface area contributed by atoms with E-state index in [2.05, 4.69) is 10.2 Å². The van der Waals surface area contributed by atoms with Gasteiger partial charge in [0.2, 0.25) is 5.89 Å². The van der Waals surface area contributed by atoms with Crippen molar-refractivity contribution in [3.63, 3.8) is 0 Å². The Morgan fingerprint density at radius 3 is 2.75 bits per heavy atom. The van der Waals surface area contributed by atoms with Crippen molar-refractivity contribution in [3.8, 4) is 11.7 Å². The maximum atomic E-state index is 5.65. The van der Waals surface area contributed by atoms with E-state index in [0.29, 0.717) is 17.6 Å². The zero-order valence-electron chi connectivity index (χ0n) is 9.06. The highest BCUT2D eigenvalue weighted by atomic mass is 16.4. The standard InChI is InChI=1S/C12H14N2O2/c1-2-5-9(6-3-1)11-13-14-12(16-11)10-7-4-8-15-10/h4,7-9H,1-3,5-6H2. The van der Waals surface area contributed by atoms with E-state index in [1.54, 1.807) is 6.26 Å². The summed E-state index contributed by atoms with van der Waals surface area (Å²) in [6.45, 7) is 0. The molecule has 0 unspecified atom stereocenters. The molecule has 0 aromatic carbocycles. The maximum absolute atomic E-state index is 5.65. The van der Waals surface area contributed by atoms with Crippen LogP contribution < -0.4 is 0 Å². The van der Waals surface area contributed by atoms with Crippen molar-refractivity contribution in [2.75, 3.05) is 0 Å². The third kappa shape index (κ3) is 1.75. The normalized spacial score (nSPS) is 17.8. The Kier molecular flexibility index (Phi) is 2.48. The molecule has 1 aliphatic carbocycles. The third-order valence-electron chi connectivity index (χ3n) is 3.13. The van der Waals surface area contributed by atoms with E-state index in [1.807, 2.05) is 12.1 Å². The van der Waals surface area contributed by atoms with Gasteiger partial charge in [-0.3, -0.25) is 0 Å². The molecule has 2 aromatic heterocycles. The molecule has 16 heavy (non-hydrogen) atoms. The van der Waals surface area contributed by atoms with Crippen molar-refractivity contribution in [2.45, 2.75) is 38.0 Å². The van der Waals surface area contributed by atoms with Crippen molar-refractivity contribution < 1.29 is 8.83 Å². The van der Waals surface area contributed by atoms with Crippen LogP contribution in [-0.2, 0) is 0 Å². The van der Waals surface area contributed by atoms with E-state index in [4.69, 9.17) is 8.83 Å². The minimum absolute atomic E-state index is 0.449. The lowest BCUT2D eigenvalue weighted by Gasteiger charge is -2.17. The largest absolute Gasteiger partial charge is 0.459 e. The first-order valence-corrected chi connectivity index (χ1v) is 5.81. The highest BCUT2D eigenvalue weighted by Gasteiger charge is 2.22. The van der Waals surface area contributed by atoms with Gasteiger partial charge in [-0.1, -0.05) is 19.3 Å². The smallest absolute Gasteiger partial charge is 0.283 e. The molecule has 0 atom stereocenters. The summed E-state index contributed by atoms with van der Waals surface area (Å²) < 4.78 is 10.9. The fourth-order valence-corrected chi connectivity index (χ4v) is 2.25. The van der Waals surface area contributed by atoms with Gasteiger partial charge in [0.25, 0.3) is 5.89 Å². The van der Waals surface area contributed by atoms with Crippen molar-refractivity contribution in [3.05, 3.63) is 24.3 Å². The summed E-state index contributed by atoms with van der Waals surface area (Å²) in [6, 6.07) is 3.65.